The maximum Gasteiger partial charge on any atom is 0.219 e. The number of aliphatic hydroxyl groups is 1. The molecule has 2 aliphatic heterocycles. The van der Waals surface area contributed by atoms with E-state index >= 15 is 0 Å². The molecule has 1 N–H and O–H groups in total. The van der Waals surface area contributed by atoms with Gasteiger partial charge in [0.05, 0.1) is 30.4 Å². The quantitative estimate of drug-likeness (QED) is 0.871. The van der Waals surface area contributed by atoms with Gasteiger partial charge in [-0.05, 0) is 12.0 Å². The minimum absolute atomic E-state index is 0.00532. The number of hydrogen-bond donors (Lipinski definition) is 1. The van der Waals surface area contributed by atoms with Gasteiger partial charge in [0.15, 0.2) is 0 Å². The third kappa shape index (κ3) is 1.89. The number of fused-ring (bicyclic) bond motifs is 3. The summed E-state index contributed by atoms with van der Waals surface area (Å²) in [5.74, 6) is 0.0725. The van der Waals surface area contributed by atoms with E-state index in [-0.39, 0.29) is 17.9 Å². The van der Waals surface area contributed by atoms with Crippen molar-refractivity contribution in [2.45, 2.75) is 25.5 Å². The van der Waals surface area contributed by atoms with E-state index in [4.69, 9.17) is 0 Å². The standard InChI is InChI=1S/C17H19N3O2/c1-11(21)19-7-6-16(22)14(9-19)17-13-5-3-2-4-12(13)15-8-18-10-20(15)17/h2-5,8,10,14,16-17,22H,6-7,9H2,1H3/t14-,16-,17?/m1/s1. The molecular weight excluding hydrogens is 278 g/mol. The van der Waals surface area contributed by atoms with Crippen molar-refractivity contribution in [3.8, 4) is 11.3 Å². The fraction of sp³-hybridized carbons (Fsp3) is 0.412. The molecule has 0 saturated carbocycles. The average Bonchev–Trinajstić information content (AvgIpc) is 3.08. The van der Waals surface area contributed by atoms with E-state index in [0.29, 0.717) is 19.5 Å². The molecule has 1 amide bonds. The van der Waals surface area contributed by atoms with E-state index in [0.717, 1.165) is 5.69 Å². The SMILES string of the molecule is CC(=O)N1CC[C@@H](O)[C@H](C2c3ccccc3-c3cncn32)C1. The molecule has 1 fully saturated rings. The van der Waals surface area contributed by atoms with E-state index in [1.54, 1.807) is 6.92 Å². The van der Waals surface area contributed by atoms with Gasteiger partial charge >= 0.3 is 0 Å². The van der Waals surface area contributed by atoms with Crippen molar-refractivity contribution in [3.05, 3.63) is 42.4 Å². The third-order valence-electron chi connectivity index (χ3n) is 4.99. The Morgan fingerprint density at radius 3 is 3.00 bits per heavy atom. The summed E-state index contributed by atoms with van der Waals surface area (Å²) in [7, 11) is 0. The Balaban J connectivity index is 1.77. The van der Waals surface area contributed by atoms with Crippen molar-refractivity contribution in [1.82, 2.24) is 14.5 Å². The third-order valence-corrected chi connectivity index (χ3v) is 4.99. The average molecular weight is 297 g/mol. The molecular formula is C17H19N3O2. The van der Waals surface area contributed by atoms with Crippen LogP contribution in [0.1, 0.15) is 24.9 Å². The van der Waals surface area contributed by atoms with Gasteiger partial charge in [-0.1, -0.05) is 24.3 Å². The van der Waals surface area contributed by atoms with Crippen molar-refractivity contribution < 1.29 is 9.90 Å². The molecule has 1 saturated heterocycles. The van der Waals surface area contributed by atoms with Gasteiger partial charge in [-0.15, -0.1) is 0 Å². The molecule has 1 unspecified atom stereocenters. The molecule has 0 spiro atoms. The van der Waals surface area contributed by atoms with Gasteiger partial charge in [0.25, 0.3) is 0 Å². The smallest absolute Gasteiger partial charge is 0.219 e. The van der Waals surface area contributed by atoms with Crippen molar-refractivity contribution in [3.63, 3.8) is 0 Å². The number of rotatable bonds is 1. The molecule has 4 rings (SSSR count). The predicted molar refractivity (Wildman–Crippen MR) is 82.2 cm³/mol. The van der Waals surface area contributed by atoms with Crippen LogP contribution in [0.3, 0.4) is 0 Å². The summed E-state index contributed by atoms with van der Waals surface area (Å²) in [6, 6.07) is 8.32. The van der Waals surface area contributed by atoms with E-state index < -0.39 is 6.10 Å². The van der Waals surface area contributed by atoms with Gasteiger partial charge in [0.1, 0.15) is 0 Å². The Kier molecular flexibility index (Phi) is 3.04. The fourth-order valence-electron chi connectivity index (χ4n) is 3.88. The molecule has 22 heavy (non-hydrogen) atoms. The summed E-state index contributed by atoms with van der Waals surface area (Å²) in [4.78, 5) is 17.8. The van der Waals surface area contributed by atoms with E-state index in [9.17, 15) is 9.90 Å². The molecule has 1 aromatic heterocycles. The highest BCUT2D eigenvalue weighted by Gasteiger charge is 2.40. The molecule has 3 heterocycles. The number of imidazole rings is 1. The first-order valence-electron chi connectivity index (χ1n) is 7.71. The van der Waals surface area contributed by atoms with Crippen LogP contribution < -0.4 is 0 Å². The lowest BCUT2D eigenvalue weighted by Gasteiger charge is -2.39. The molecule has 5 heteroatoms. The Bertz CT molecular complexity index is 724. The zero-order valence-corrected chi connectivity index (χ0v) is 12.5. The lowest BCUT2D eigenvalue weighted by Crippen LogP contribution is -2.48. The first kappa shape index (κ1) is 13.5. The van der Waals surface area contributed by atoms with Gasteiger partial charge in [-0.25, -0.2) is 4.98 Å². The number of carbonyl (C=O) groups is 1. The highest BCUT2D eigenvalue weighted by atomic mass is 16.3. The number of aromatic nitrogens is 2. The molecule has 0 radical (unpaired) electrons. The number of carbonyl (C=O) groups excluding carboxylic acids is 1. The van der Waals surface area contributed by atoms with Crippen LogP contribution in [0.4, 0.5) is 0 Å². The Morgan fingerprint density at radius 1 is 1.36 bits per heavy atom. The molecule has 5 nitrogen and oxygen atoms in total. The van der Waals surface area contributed by atoms with Crippen LogP contribution in [0, 0.1) is 5.92 Å². The molecule has 114 valence electrons. The normalized spacial score (nSPS) is 26.6. The van der Waals surface area contributed by atoms with E-state index in [1.165, 1.54) is 11.1 Å². The Morgan fingerprint density at radius 2 is 2.18 bits per heavy atom. The number of benzene rings is 1. The van der Waals surface area contributed by atoms with E-state index in [2.05, 4.69) is 21.7 Å². The first-order valence-corrected chi connectivity index (χ1v) is 7.71. The van der Waals surface area contributed by atoms with Gasteiger partial charge in [0, 0.05) is 31.5 Å². The van der Waals surface area contributed by atoms with Crippen molar-refractivity contribution >= 4 is 5.91 Å². The van der Waals surface area contributed by atoms with Crippen LogP contribution in [0.5, 0.6) is 0 Å². The fourth-order valence-corrected chi connectivity index (χ4v) is 3.88. The van der Waals surface area contributed by atoms with Crippen LogP contribution in [0.15, 0.2) is 36.8 Å². The summed E-state index contributed by atoms with van der Waals surface area (Å²) in [6.45, 7) is 2.82. The van der Waals surface area contributed by atoms with Crippen molar-refractivity contribution in [2.24, 2.45) is 5.92 Å². The predicted octanol–water partition coefficient (Wildman–Crippen LogP) is 1.68. The van der Waals surface area contributed by atoms with Gasteiger partial charge in [-0.3, -0.25) is 4.79 Å². The summed E-state index contributed by atoms with van der Waals surface area (Å²) in [5.41, 5.74) is 3.49. The highest BCUT2D eigenvalue weighted by molar-refractivity contribution is 5.73. The molecule has 0 aliphatic carbocycles. The molecule has 3 atom stereocenters. The summed E-state index contributed by atoms with van der Waals surface area (Å²) in [5, 5.41) is 10.5. The van der Waals surface area contributed by atoms with Crippen molar-refractivity contribution in [2.75, 3.05) is 13.1 Å². The number of nitrogens with zero attached hydrogens (tertiary/aromatic N) is 3. The topological polar surface area (TPSA) is 58.4 Å². The summed E-state index contributed by atoms with van der Waals surface area (Å²) >= 11 is 0. The summed E-state index contributed by atoms with van der Waals surface area (Å²) < 4.78 is 2.14. The molecule has 2 aromatic rings. The second-order valence-corrected chi connectivity index (χ2v) is 6.20. The number of aliphatic hydroxyl groups excluding tert-OH is 1. The monoisotopic (exact) mass is 297 g/mol. The van der Waals surface area contributed by atoms with Crippen LogP contribution in [-0.4, -0.2) is 44.7 Å². The first-order chi connectivity index (χ1) is 10.7. The maximum absolute atomic E-state index is 11.7. The molecule has 2 aliphatic rings. The lowest BCUT2D eigenvalue weighted by molar-refractivity contribution is -0.133. The van der Waals surface area contributed by atoms with E-state index in [1.807, 2.05) is 29.6 Å². The van der Waals surface area contributed by atoms with Crippen LogP contribution in [0.2, 0.25) is 0 Å². The zero-order valence-electron chi connectivity index (χ0n) is 12.5. The minimum atomic E-state index is -0.401. The van der Waals surface area contributed by atoms with Gasteiger partial charge in [0.2, 0.25) is 5.91 Å². The lowest BCUT2D eigenvalue weighted by atomic mass is 9.84. The molecule has 1 aromatic carbocycles. The Hall–Kier alpha value is -2.14. The van der Waals surface area contributed by atoms with Gasteiger partial charge in [-0.2, -0.15) is 0 Å². The number of hydrogen-bond acceptors (Lipinski definition) is 3. The minimum Gasteiger partial charge on any atom is -0.393 e. The van der Waals surface area contributed by atoms with Crippen LogP contribution in [0.25, 0.3) is 11.3 Å². The van der Waals surface area contributed by atoms with Crippen LogP contribution in [-0.2, 0) is 4.79 Å². The Labute approximate surface area is 129 Å². The largest absolute Gasteiger partial charge is 0.393 e. The van der Waals surface area contributed by atoms with Crippen molar-refractivity contribution in [1.29, 1.82) is 0 Å². The number of likely N-dealkylation sites (tertiary alicyclic amines) is 1. The maximum atomic E-state index is 11.7. The number of piperidine rings is 1. The van der Waals surface area contributed by atoms with Gasteiger partial charge < -0.3 is 14.6 Å². The van der Waals surface area contributed by atoms with Crippen LogP contribution >= 0.6 is 0 Å². The second kappa shape index (κ2) is 4.95. The highest BCUT2D eigenvalue weighted by Crippen LogP contribution is 2.44. The second-order valence-electron chi connectivity index (χ2n) is 6.20. The number of amides is 1. The summed E-state index contributed by atoms with van der Waals surface area (Å²) in [6.07, 6.45) is 3.94. The molecule has 0 bridgehead atoms. The zero-order chi connectivity index (χ0) is 15.3.